The third-order valence-corrected chi connectivity index (χ3v) is 4.10. The highest BCUT2D eigenvalue weighted by Crippen LogP contribution is 2.21. The summed E-state index contributed by atoms with van der Waals surface area (Å²) in [6.07, 6.45) is 1.80. The van der Waals surface area contributed by atoms with Gasteiger partial charge in [-0.15, -0.1) is 0 Å². The first-order valence-corrected chi connectivity index (χ1v) is 8.89. The Hall–Kier alpha value is -2.33. The zero-order valence-corrected chi connectivity index (χ0v) is 15.3. The number of nitrogens with one attached hydrogen (secondary N) is 1. The first kappa shape index (κ1) is 19.0. The van der Waals surface area contributed by atoms with E-state index in [1.807, 2.05) is 18.7 Å². The van der Waals surface area contributed by atoms with Crippen molar-refractivity contribution in [3.05, 3.63) is 64.7 Å². The average Bonchev–Trinajstić information content (AvgIpc) is 2.63. The summed E-state index contributed by atoms with van der Waals surface area (Å²) in [5, 5.41) is 3.25. The van der Waals surface area contributed by atoms with Gasteiger partial charge in [-0.2, -0.15) is 0 Å². The summed E-state index contributed by atoms with van der Waals surface area (Å²) in [6.45, 7) is 5.51. The van der Waals surface area contributed by atoms with Gasteiger partial charge in [0, 0.05) is 24.2 Å². The first-order valence-electron chi connectivity index (χ1n) is 8.52. The molecule has 5 heteroatoms. The topological polar surface area (TPSA) is 49.4 Å². The summed E-state index contributed by atoms with van der Waals surface area (Å²) in [4.78, 5) is 27.0. The highest BCUT2D eigenvalue weighted by Gasteiger charge is 2.16. The fourth-order valence-electron chi connectivity index (χ4n) is 2.59. The molecule has 0 radical (unpaired) electrons. The molecule has 0 aromatic heterocycles. The van der Waals surface area contributed by atoms with Crippen LogP contribution in [-0.2, 0) is 0 Å². The van der Waals surface area contributed by atoms with Gasteiger partial charge in [0.2, 0.25) is 0 Å². The van der Waals surface area contributed by atoms with Gasteiger partial charge in [-0.05, 0) is 43.2 Å². The van der Waals surface area contributed by atoms with Gasteiger partial charge in [-0.1, -0.05) is 43.6 Å². The predicted octanol–water partition coefficient (Wildman–Crippen LogP) is 4.85. The fourth-order valence-corrected chi connectivity index (χ4v) is 2.77. The Bertz CT molecular complexity index is 740. The second-order valence-corrected chi connectivity index (χ2v) is 6.21. The van der Waals surface area contributed by atoms with E-state index in [1.165, 1.54) is 0 Å². The van der Waals surface area contributed by atoms with E-state index in [9.17, 15) is 9.59 Å². The molecule has 0 saturated heterocycles. The maximum Gasteiger partial charge on any atom is 0.255 e. The molecular formula is C20H23ClN2O2. The van der Waals surface area contributed by atoms with Crippen molar-refractivity contribution in [2.75, 3.05) is 18.4 Å². The SMILES string of the molecule is CCCN(CCC)C(=O)c1cccc(C(=O)Nc2ccccc2Cl)c1. The lowest BCUT2D eigenvalue weighted by Gasteiger charge is -2.21. The minimum absolute atomic E-state index is 0.0453. The number of hydrogen-bond acceptors (Lipinski definition) is 2. The van der Waals surface area contributed by atoms with Crippen LogP contribution in [0.5, 0.6) is 0 Å². The highest BCUT2D eigenvalue weighted by atomic mass is 35.5. The number of carbonyl (C=O) groups excluding carboxylic acids is 2. The molecule has 2 aromatic carbocycles. The van der Waals surface area contributed by atoms with E-state index in [0.717, 1.165) is 12.8 Å². The molecule has 0 spiro atoms. The summed E-state index contributed by atoms with van der Waals surface area (Å²) in [6, 6.07) is 13.8. The Kier molecular flexibility index (Phi) is 7.02. The molecule has 25 heavy (non-hydrogen) atoms. The fraction of sp³-hybridized carbons (Fsp3) is 0.300. The van der Waals surface area contributed by atoms with E-state index >= 15 is 0 Å². The lowest BCUT2D eigenvalue weighted by molar-refractivity contribution is 0.0755. The van der Waals surface area contributed by atoms with E-state index in [1.54, 1.807) is 48.5 Å². The van der Waals surface area contributed by atoms with Gasteiger partial charge >= 0.3 is 0 Å². The zero-order chi connectivity index (χ0) is 18.2. The smallest absolute Gasteiger partial charge is 0.255 e. The van der Waals surface area contributed by atoms with Gasteiger partial charge in [0.25, 0.3) is 11.8 Å². The Morgan fingerprint density at radius 2 is 1.60 bits per heavy atom. The Labute approximate surface area is 153 Å². The molecule has 132 valence electrons. The van der Waals surface area contributed by atoms with Crippen molar-refractivity contribution < 1.29 is 9.59 Å². The standard InChI is InChI=1S/C20H23ClN2O2/c1-3-12-23(13-4-2)20(25)16-9-7-8-15(14-16)19(24)22-18-11-6-5-10-17(18)21/h5-11,14H,3-4,12-13H2,1-2H3,(H,22,24). The number of benzene rings is 2. The van der Waals surface area contributed by atoms with Crippen LogP contribution in [0.4, 0.5) is 5.69 Å². The van der Waals surface area contributed by atoms with Crippen LogP contribution in [0.2, 0.25) is 5.02 Å². The van der Waals surface area contributed by atoms with Crippen molar-refractivity contribution in [1.82, 2.24) is 4.90 Å². The minimum Gasteiger partial charge on any atom is -0.339 e. The number of hydrogen-bond donors (Lipinski definition) is 1. The van der Waals surface area contributed by atoms with Gasteiger partial charge in [0.1, 0.15) is 0 Å². The van der Waals surface area contributed by atoms with Crippen LogP contribution in [0.3, 0.4) is 0 Å². The summed E-state index contributed by atoms with van der Waals surface area (Å²) >= 11 is 6.07. The van der Waals surface area contributed by atoms with E-state index in [0.29, 0.717) is 34.9 Å². The van der Waals surface area contributed by atoms with Crippen LogP contribution < -0.4 is 5.32 Å². The maximum absolute atomic E-state index is 12.7. The van der Waals surface area contributed by atoms with Gasteiger partial charge in [-0.3, -0.25) is 9.59 Å². The molecule has 2 rings (SSSR count). The van der Waals surface area contributed by atoms with Gasteiger partial charge < -0.3 is 10.2 Å². The number of carbonyl (C=O) groups is 2. The van der Waals surface area contributed by atoms with E-state index < -0.39 is 0 Å². The van der Waals surface area contributed by atoms with Gasteiger partial charge in [0.05, 0.1) is 10.7 Å². The normalized spacial score (nSPS) is 10.4. The van der Waals surface area contributed by atoms with Crippen molar-refractivity contribution in [2.45, 2.75) is 26.7 Å². The van der Waals surface area contributed by atoms with Crippen LogP contribution in [-0.4, -0.2) is 29.8 Å². The van der Waals surface area contributed by atoms with Crippen molar-refractivity contribution in [2.24, 2.45) is 0 Å². The van der Waals surface area contributed by atoms with Crippen molar-refractivity contribution in [1.29, 1.82) is 0 Å². The number of anilines is 1. The van der Waals surface area contributed by atoms with Crippen molar-refractivity contribution in [3.63, 3.8) is 0 Å². The molecule has 0 saturated carbocycles. The lowest BCUT2D eigenvalue weighted by atomic mass is 10.1. The number of rotatable bonds is 7. The summed E-state index contributed by atoms with van der Waals surface area (Å²) in [5.74, 6) is -0.337. The molecule has 0 atom stereocenters. The lowest BCUT2D eigenvalue weighted by Crippen LogP contribution is -2.32. The molecule has 2 amide bonds. The van der Waals surface area contributed by atoms with Gasteiger partial charge in [-0.25, -0.2) is 0 Å². The molecule has 0 fully saturated rings. The van der Waals surface area contributed by atoms with E-state index in [-0.39, 0.29) is 11.8 Å². The number of para-hydroxylation sites is 1. The number of amides is 2. The average molecular weight is 359 g/mol. The van der Waals surface area contributed by atoms with Crippen LogP contribution in [0.1, 0.15) is 47.4 Å². The largest absolute Gasteiger partial charge is 0.339 e. The molecule has 1 N–H and O–H groups in total. The molecule has 4 nitrogen and oxygen atoms in total. The van der Waals surface area contributed by atoms with Crippen LogP contribution in [0, 0.1) is 0 Å². The third-order valence-electron chi connectivity index (χ3n) is 3.77. The Morgan fingerprint density at radius 3 is 2.24 bits per heavy atom. The number of halogens is 1. The zero-order valence-electron chi connectivity index (χ0n) is 14.6. The predicted molar refractivity (Wildman–Crippen MR) is 102 cm³/mol. The van der Waals surface area contributed by atoms with Crippen molar-refractivity contribution >= 4 is 29.1 Å². The summed E-state index contributed by atoms with van der Waals surface area (Å²) in [5.41, 5.74) is 1.50. The van der Waals surface area contributed by atoms with E-state index in [2.05, 4.69) is 5.32 Å². The number of nitrogens with zero attached hydrogens (tertiary/aromatic N) is 1. The van der Waals surface area contributed by atoms with Crippen molar-refractivity contribution in [3.8, 4) is 0 Å². The second kappa shape index (κ2) is 9.23. The molecular weight excluding hydrogens is 336 g/mol. The molecule has 0 aliphatic rings. The molecule has 0 heterocycles. The van der Waals surface area contributed by atoms with Crippen LogP contribution >= 0.6 is 11.6 Å². The molecule has 0 aliphatic heterocycles. The molecule has 2 aromatic rings. The van der Waals surface area contributed by atoms with Crippen LogP contribution in [0.15, 0.2) is 48.5 Å². The third kappa shape index (κ3) is 5.07. The quantitative estimate of drug-likeness (QED) is 0.768. The van der Waals surface area contributed by atoms with Crippen LogP contribution in [0.25, 0.3) is 0 Å². The van der Waals surface area contributed by atoms with E-state index in [4.69, 9.17) is 11.6 Å². The Morgan fingerprint density at radius 1 is 0.960 bits per heavy atom. The summed E-state index contributed by atoms with van der Waals surface area (Å²) < 4.78 is 0. The Balaban J connectivity index is 2.18. The summed E-state index contributed by atoms with van der Waals surface area (Å²) in [7, 11) is 0. The molecule has 0 aliphatic carbocycles. The second-order valence-electron chi connectivity index (χ2n) is 5.81. The van der Waals surface area contributed by atoms with Gasteiger partial charge in [0.15, 0.2) is 0 Å². The first-order chi connectivity index (χ1) is 12.1. The molecule has 0 unspecified atom stereocenters. The highest BCUT2D eigenvalue weighted by molar-refractivity contribution is 6.33. The molecule has 0 bridgehead atoms. The monoisotopic (exact) mass is 358 g/mol. The maximum atomic E-state index is 12.7. The minimum atomic E-state index is -0.291.